The monoisotopic (exact) mass is 279 g/mol. The topological polar surface area (TPSA) is 79.0 Å². The number of aliphatic carboxylic acids is 1. The van der Waals surface area contributed by atoms with Gasteiger partial charge in [0, 0.05) is 45.0 Å². The molecule has 0 aliphatic carbocycles. The van der Waals surface area contributed by atoms with Crippen LogP contribution in [0.4, 0.5) is 5.69 Å². The summed E-state index contributed by atoms with van der Waals surface area (Å²) in [5.74, 6) is -0.386. The van der Waals surface area contributed by atoms with Gasteiger partial charge in [-0.05, 0) is 24.3 Å². The van der Waals surface area contributed by atoms with Crippen molar-refractivity contribution in [2.45, 2.75) is 0 Å². The lowest BCUT2D eigenvalue weighted by Gasteiger charge is -2.35. The van der Waals surface area contributed by atoms with Gasteiger partial charge in [0.15, 0.2) is 6.61 Å². The fourth-order valence-corrected chi connectivity index (χ4v) is 2.31. The minimum Gasteiger partial charge on any atom is -0.482 e. The Bertz CT molecular complexity index is 428. The molecule has 1 aromatic rings. The lowest BCUT2D eigenvalue weighted by atomic mass is 10.2. The minimum atomic E-state index is -0.967. The maximum atomic E-state index is 10.4. The van der Waals surface area contributed by atoms with Crippen LogP contribution in [-0.2, 0) is 4.79 Å². The summed E-state index contributed by atoms with van der Waals surface area (Å²) in [6, 6.07) is 7.56. The van der Waals surface area contributed by atoms with Gasteiger partial charge in [-0.1, -0.05) is 0 Å². The van der Waals surface area contributed by atoms with Crippen LogP contribution >= 0.6 is 0 Å². The summed E-state index contributed by atoms with van der Waals surface area (Å²) in [7, 11) is 0. The first kappa shape index (κ1) is 14.6. The van der Waals surface area contributed by atoms with Gasteiger partial charge in [0.2, 0.25) is 0 Å². The summed E-state index contributed by atoms with van der Waals surface area (Å²) in [6.07, 6.45) is 0. The lowest BCUT2D eigenvalue weighted by molar-refractivity contribution is -0.139. The van der Waals surface area contributed by atoms with Crippen molar-refractivity contribution in [3.63, 3.8) is 0 Å². The molecule has 0 amide bonds. The number of carboxylic acid groups (broad SMARTS) is 1. The first-order valence-electron chi connectivity index (χ1n) is 6.81. The predicted molar refractivity (Wildman–Crippen MR) is 77.3 cm³/mol. The van der Waals surface area contributed by atoms with E-state index in [1.807, 2.05) is 24.3 Å². The highest BCUT2D eigenvalue weighted by Crippen LogP contribution is 2.20. The molecular formula is C14H21N3O3. The Morgan fingerprint density at radius 3 is 2.40 bits per heavy atom. The van der Waals surface area contributed by atoms with Gasteiger partial charge in [-0.15, -0.1) is 0 Å². The zero-order valence-electron chi connectivity index (χ0n) is 11.5. The van der Waals surface area contributed by atoms with Crippen molar-refractivity contribution in [2.24, 2.45) is 5.73 Å². The van der Waals surface area contributed by atoms with Crippen LogP contribution in [0.15, 0.2) is 24.3 Å². The van der Waals surface area contributed by atoms with E-state index in [1.165, 1.54) is 0 Å². The highest BCUT2D eigenvalue weighted by atomic mass is 16.5. The molecule has 20 heavy (non-hydrogen) atoms. The molecule has 6 nitrogen and oxygen atoms in total. The van der Waals surface area contributed by atoms with E-state index in [9.17, 15) is 4.79 Å². The molecular weight excluding hydrogens is 258 g/mol. The van der Waals surface area contributed by atoms with Crippen LogP contribution in [0, 0.1) is 0 Å². The molecule has 0 bridgehead atoms. The van der Waals surface area contributed by atoms with Gasteiger partial charge < -0.3 is 20.5 Å². The van der Waals surface area contributed by atoms with E-state index >= 15 is 0 Å². The predicted octanol–water partition coefficient (Wildman–Crippen LogP) is 0.231. The van der Waals surface area contributed by atoms with E-state index in [2.05, 4.69) is 9.80 Å². The number of carbonyl (C=O) groups is 1. The Morgan fingerprint density at radius 1 is 1.20 bits per heavy atom. The molecule has 0 saturated carbocycles. The first-order chi connectivity index (χ1) is 9.69. The van der Waals surface area contributed by atoms with Crippen molar-refractivity contribution in [2.75, 3.05) is 50.8 Å². The van der Waals surface area contributed by atoms with Crippen molar-refractivity contribution in [3.05, 3.63) is 24.3 Å². The number of hydrogen-bond donors (Lipinski definition) is 2. The summed E-state index contributed by atoms with van der Waals surface area (Å²) in [5, 5.41) is 8.56. The van der Waals surface area contributed by atoms with Gasteiger partial charge >= 0.3 is 5.97 Å². The maximum Gasteiger partial charge on any atom is 0.341 e. The number of benzene rings is 1. The third-order valence-corrected chi connectivity index (χ3v) is 3.38. The number of ether oxygens (including phenoxy) is 1. The third-order valence-electron chi connectivity index (χ3n) is 3.38. The summed E-state index contributed by atoms with van der Waals surface area (Å²) in [5.41, 5.74) is 6.70. The molecule has 0 radical (unpaired) electrons. The Balaban J connectivity index is 1.86. The second-order valence-corrected chi connectivity index (χ2v) is 4.79. The summed E-state index contributed by atoms with van der Waals surface area (Å²) >= 11 is 0. The van der Waals surface area contributed by atoms with E-state index < -0.39 is 5.97 Å². The van der Waals surface area contributed by atoms with Crippen LogP contribution in [-0.4, -0.2) is 61.9 Å². The Labute approximate surface area is 118 Å². The molecule has 2 rings (SSSR count). The van der Waals surface area contributed by atoms with Crippen molar-refractivity contribution in [3.8, 4) is 5.75 Å². The van der Waals surface area contributed by atoms with Gasteiger partial charge in [-0.25, -0.2) is 4.79 Å². The third kappa shape index (κ3) is 4.11. The number of piperazine rings is 1. The molecule has 6 heteroatoms. The Hall–Kier alpha value is -1.79. The molecule has 1 heterocycles. The van der Waals surface area contributed by atoms with Crippen molar-refractivity contribution >= 4 is 11.7 Å². The summed E-state index contributed by atoms with van der Waals surface area (Å²) in [4.78, 5) is 15.1. The molecule has 0 unspecified atom stereocenters. The standard InChI is InChI=1S/C14H21N3O3/c15-5-6-16-7-9-17(10-8-16)12-1-3-13(4-2-12)20-11-14(18)19/h1-4H,5-11,15H2,(H,18,19). The average molecular weight is 279 g/mol. The number of hydrogen-bond acceptors (Lipinski definition) is 5. The minimum absolute atomic E-state index is 0.308. The molecule has 3 N–H and O–H groups in total. The maximum absolute atomic E-state index is 10.4. The van der Waals surface area contributed by atoms with Gasteiger partial charge in [0.05, 0.1) is 0 Å². The molecule has 1 aliphatic heterocycles. The first-order valence-corrected chi connectivity index (χ1v) is 6.81. The van der Waals surface area contributed by atoms with E-state index in [4.69, 9.17) is 15.6 Å². The molecule has 0 atom stereocenters. The fourth-order valence-electron chi connectivity index (χ4n) is 2.31. The molecule has 110 valence electrons. The number of anilines is 1. The van der Waals surface area contributed by atoms with Crippen molar-refractivity contribution in [1.82, 2.24) is 4.90 Å². The Kier molecular flexibility index (Phi) is 5.20. The molecule has 1 aliphatic rings. The Morgan fingerprint density at radius 2 is 1.85 bits per heavy atom. The highest BCUT2D eigenvalue weighted by Gasteiger charge is 2.16. The van der Waals surface area contributed by atoms with Crippen molar-refractivity contribution < 1.29 is 14.6 Å². The quantitative estimate of drug-likeness (QED) is 0.776. The highest BCUT2D eigenvalue weighted by molar-refractivity contribution is 5.68. The summed E-state index contributed by atoms with van der Waals surface area (Å²) in [6.45, 7) is 5.36. The smallest absolute Gasteiger partial charge is 0.341 e. The van der Waals surface area contributed by atoms with E-state index in [0.29, 0.717) is 12.3 Å². The number of rotatable bonds is 6. The molecule has 0 aromatic heterocycles. The SMILES string of the molecule is NCCN1CCN(c2ccc(OCC(=O)O)cc2)CC1. The second kappa shape index (κ2) is 7.12. The molecule has 1 fully saturated rings. The molecule has 0 spiro atoms. The van der Waals surface area contributed by atoms with Gasteiger partial charge in [-0.2, -0.15) is 0 Å². The number of carboxylic acids is 1. The zero-order chi connectivity index (χ0) is 14.4. The van der Waals surface area contributed by atoms with Crippen LogP contribution in [0.2, 0.25) is 0 Å². The van der Waals surface area contributed by atoms with Crippen LogP contribution in [0.3, 0.4) is 0 Å². The van der Waals surface area contributed by atoms with Crippen LogP contribution < -0.4 is 15.4 Å². The normalized spacial score (nSPS) is 16.1. The van der Waals surface area contributed by atoms with Crippen molar-refractivity contribution in [1.29, 1.82) is 0 Å². The molecule has 1 saturated heterocycles. The average Bonchev–Trinajstić information content (AvgIpc) is 2.47. The second-order valence-electron chi connectivity index (χ2n) is 4.79. The van der Waals surface area contributed by atoms with E-state index in [0.717, 1.165) is 38.4 Å². The van der Waals surface area contributed by atoms with Crippen LogP contribution in [0.25, 0.3) is 0 Å². The van der Waals surface area contributed by atoms with E-state index in [1.54, 1.807) is 0 Å². The number of nitrogens with zero attached hydrogens (tertiary/aromatic N) is 2. The zero-order valence-corrected chi connectivity index (χ0v) is 11.5. The van der Waals surface area contributed by atoms with Crippen LogP contribution in [0.5, 0.6) is 5.75 Å². The number of nitrogens with two attached hydrogens (primary N) is 1. The summed E-state index contributed by atoms with van der Waals surface area (Å²) < 4.78 is 5.12. The van der Waals surface area contributed by atoms with Gasteiger partial charge in [-0.3, -0.25) is 4.90 Å². The van der Waals surface area contributed by atoms with E-state index in [-0.39, 0.29) is 6.61 Å². The lowest BCUT2D eigenvalue weighted by Crippen LogP contribution is -2.47. The fraction of sp³-hybridized carbons (Fsp3) is 0.500. The molecule has 1 aromatic carbocycles. The van der Waals surface area contributed by atoms with Gasteiger partial charge in [0.1, 0.15) is 5.75 Å². The van der Waals surface area contributed by atoms with Crippen LogP contribution in [0.1, 0.15) is 0 Å². The largest absolute Gasteiger partial charge is 0.482 e. The van der Waals surface area contributed by atoms with Gasteiger partial charge in [0.25, 0.3) is 0 Å².